The Labute approximate surface area is 169 Å². The number of rotatable bonds is 6. The number of carboxylic acid groups (broad SMARTS) is 1. The monoisotopic (exact) mass is 412 g/mol. The van der Waals surface area contributed by atoms with Crippen LogP contribution in [0.4, 0.5) is 0 Å². The van der Waals surface area contributed by atoms with E-state index in [4.69, 9.17) is 0 Å². The zero-order chi connectivity index (χ0) is 20.5. The lowest BCUT2D eigenvalue weighted by Crippen LogP contribution is -2.70. The first-order valence-electron chi connectivity index (χ1n) is 8.77. The topological polar surface area (TPSA) is 113 Å². The molecule has 2 amide bonds. The Kier molecular flexibility index (Phi) is 4.98. The zero-order valence-electron chi connectivity index (χ0n) is 15.0. The van der Waals surface area contributed by atoms with Crippen molar-refractivity contribution in [3.05, 3.63) is 59.3 Å². The van der Waals surface area contributed by atoms with Gasteiger partial charge in [0.25, 0.3) is 18.3 Å². The summed E-state index contributed by atoms with van der Waals surface area (Å²) >= 11 is 1.32. The van der Waals surface area contributed by atoms with Gasteiger partial charge in [-0.3, -0.25) is 19.3 Å². The fraction of sp³-hybridized carbons (Fsp3) is 0.200. The molecule has 2 atom stereocenters. The van der Waals surface area contributed by atoms with E-state index in [-0.39, 0.29) is 24.5 Å². The molecule has 0 aliphatic carbocycles. The normalized spacial score (nSPS) is 20.7. The van der Waals surface area contributed by atoms with Gasteiger partial charge in [0, 0.05) is 16.9 Å². The minimum Gasteiger partial charge on any atom is -0.477 e. The highest BCUT2D eigenvalue weighted by Crippen LogP contribution is 2.40. The second kappa shape index (κ2) is 7.59. The Hall–Kier alpha value is -3.33. The molecule has 4 rings (SSSR count). The maximum absolute atomic E-state index is 12.8. The van der Waals surface area contributed by atoms with Crippen LogP contribution in [0, 0.1) is 0 Å². The summed E-state index contributed by atoms with van der Waals surface area (Å²) in [5.74, 6) is -1.88. The van der Waals surface area contributed by atoms with Crippen molar-refractivity contribution >= 4 is 46.8 Å². The number of ether oxygens (including phenoxy) is 1. The van der Waals surface area contributed by atoms with Crippen LogP contribution in [0.1, 0.15) is 10.4 Å². The number of β-lactam (4-membered cyclic amide) rings is 1. The summed E-state index contributed by atoms with van der Waals surface area (Å²) in [5.41, 5.74) is 0.610. The molecule has 0 aromatic heterocycles. The predicted octanol–water partition coefficient (Wildman–Crippen LogP) is 1.37. The van der Waals surface area contributed by atoms with Crippen LogP contribution < -0.4 is 5.32 Å². The lowest BCUT2D eigenvalue weighted by atomic mass is 10.0. The number of hydrogen-bond donors (Lipinski definition) is 2. The number of aliphatic carboxylic acids is 1. The Bertz CT molecular complexity index is 1060. The third kappa shape index (κ3) is 3.23. The molecule has 0 unspecified atom stereocenters. The molecule has 2 aliphatic rings. The van der Waals surface area contributed by atoms with E-state index in [2.05, 4.69) is 10.1 Å². The van der Waals surface area contributed by atoms with Crippen molar-refractivity contribution in [2.75, 3.05) is 12.4 Å². The average molecular weight is 412 g/mol. The van der Waals surface area contributed by atoms with Gasteiger partial charge >= 0.3 is 5.97 Å². The van der Waals surface area contributed by atoms with Crippen LogP contribution in [-0.2, 0) is 19.1 Å². The number of thioether (sulfide) groups is 1. The highest BCUT2D eigenvalue weighted by molar-refractivity contribution is 8.00. The third-order valence-corrected chi connectivity index (χ3v) is 6.24. The minimum atomic E-state index is -1.27. The van der Waals surface area contributed by atoms with Crippen LogP contribution in [-0.4, -0.2) is 58.0 Å². The molecule has 0 spiro atoms. The fourth-order valence-corrected chi connectivity index (χ4v) is 4.90. The molecular formula is C20H16N2O6S. The number of fused-ring (bicyclic) bond motifs is 2. The highest BCUT2D eigenvalue weighted by Gasteiger charge is 2.54. The van der Waals surface area contributed by atoms with Crippen molar-refractivity contribution in [1.82, 2.24) is 10.2 Å². The molecule has 29 heavy (non-hydrogen) atoms. The van der Waals surface area contributed by atoms with E-state index in [0.717, 1.165) is 15.7 Å². The zero-order valence-corrected chi connectivity index (χ0v) is 15.8. The van der Waals surface area contributed by atoms with Gasteiger partial charge in [0.2, 0.25) is 0 Å². The highest BCUT2D eigenvalue weighted by atomic mass is 32.2. The number of benzene rings is 2. The lowest BCUT2D eigenvalue weighted by Gasteiger charge is -2.49. The first-order valence-corrected chi connectivity index (χ1v) is 9.81. The van der Waals surface area contributed by atoms with Crippen molar-refractivity contribution in [3.8, 4) is 0 Å². The summed E-state index contributed by atoms with van der Waals surface area (Å²) < 4.78 is 4.66. The Morgan fingerprint density at radius 2 is 2.00 bits per heavy atom. The van der Waals surface area contributed by atoms with Crippen LogP contribution in [0.2, 0.25) is 0 Å². The number of nitrogens with zero attached hydrogens (tertiary/aromatic N) is 1. The predicted molar refractivity (Wildman–Crippen MR) is 105 cm³/mol. The first-order chi connectivity index (χ1) is 14.0. The molecule has 148 valence electrons. The van der Waals surface area contributed by atoms with Crippen LogP contribution in [0.25, 0.3) is 10.8 Å². The second-order valence-corrected chi connectivity index (χ2v) is 7.66. The third-order valence-electron chi connectivity index (χ3n) is 4.90. The molecule has 0 radical (unpaired) electrons. The molecule has 2 aliphatic heterocycles. The molecule has 8 nitrogen and oxygen atoms in total. The average Bonchev–Trinajstić information content (AvgIpc) is 2.74. The maximum Gasteiger partial charge on any atom is 0.352 e. The second-order valence-electron chi connectivity index (χ2n) is 6.55. The Morgan fingerprint density at radius 3 is 2.76 bits per heavy atom. The number of carboxylic acids is 1. The Balaban J connectivity index is 1.56. The van der Waals surface area contributed by atoms with E-state index in [0.29, 0.717) is 11.1 Å². The summed E-state index contributed by atoms with van der Waals surface area (Å²) in [7, 11) is 0. The molecule has 2 heterocycles. The van der Waals surface area contributed by atoms with Gasteiger partial charge in [0.15, 0.2) is 0 Å². The van der Waals surface area contributed by atoms with E-state index < -0.39 is 29.2 Å². The lowest BCUT2D eigenvalue weighted by molar-refractivity contribution is -0.149. The summed E-state index contributed by atoms with van der Waals surface area (Å²) in [6, 6.07) is 12.0. The maximum atomic E-state index is 12.8. The smallest absolute Gasteiger partial charge is 0.352 e. The van der Waals surface area contributed by atoms with E-state index >= 15 is 0 Å². The number of amides is 2. The van der Waals surface area contributed by atoms with Gasteiger partial charge in [-0.15, -0.1) is 11.8 Å². The van der Waals surface area contributed by atoms with E-state index in [1.165, 1.54) is 11.8 Å². The molecule has 2 aromatic rings. The number of carbonyl (C=O) groups excluding carboxylic acids is 3. The van der Waals surface area contributed by atoms with Gasteiger partial charge in [-0.1, -0.05) is 36.4 Å². The van der Waals surface area contributed by atoms with Crippen molar-refractivity contribution in [3.63, 3.8) is 0 Å². The number of carbonyl (C=O) groups is 4. The van der Waals surface area contributed by atoms with E-state index in [9.17, 15) is 24.3 Å². The molecular weight excluding hydrogens is 396 g/mol. The van der Waals surface area contributed by atoms with Crippen LogP contribution in [0.5, 0.6) is 0 Å². The molecule has 2 N–H and O–H groups in total. The SMILES string of the molecule is O=COCC1=C(C(=O)O)N2C(=O)[C@@H](NC(=O)c3cccc4ccccc34)[C@H]2SC1. The molecule has 1 fully saturated rings. The van der Waals surface area contributed by atoms with Gasteiger partial charge in [0.1, 0.15) is 23.7 Å². The fourth-order valence-electron chi connectivity index (χ4n) is 3.57. The van der Waals surface area contributed by atoms with Crippen molar-refractivity contribution in [2.45, 2.75) is 11.4 Å². The quantitative estimate of drug-likeness (QED) is 0.544. The number of nitrogens with one attached hydrogen (secondary N) is 1. The van der Waals surface area contributed by atoms with Gasteiger partial charge in [-0.2, -0.15) is 0 Å². The largest absolute Gasteiger partial charge is 0.477 e. The molecule has 0 bridgehead atoms. The Morgan fingerprint density at radius 1 is 1.24 bits per heavy atom. The molecule has 9 heteroatoms. The summed E-state index contributed by atoms with van der Waals surface area (Å²) in [5, 5.41) is 13.4. The summed E-state index contributed by atoms with van der Waals surface area (Å²) in [6.07, 6.45) is 0. The van der Waals surface area contributed by atoms with Crippen molar-refractivity contribution < 1.29 is 29.0 Å². The van der Waals surface area contributed by atoms with Crippen LogP contribution in [0.3, 0.4) is 0 Å². The van der Waals surface area contributed by atoms with Crippen molar-refractivity contribution in [2.24, 2.45) is 0 Å². The standard InChI is InChI=1S/C20H16N2O6S/c23-10-28-8-12-9-29-19-15(18(25)22(19)16(12)20(26)27)21-17(24)14-7-3-5-11-4-1-2-6-13(11)14/h1-7,10,15,19H,8-9H2,(H,21,24)(H,26,27)/t15-,19-/m1/s1. The van der Waals surface area contributed by atoms with E-state index in [1.807, 2.05) is 30.3 Å². The summed E-state index contributed by atoms with van der Waals surface area (Å²) in [6.45, 7) is 0.0377. The van der Waals surface area contributed by atoms with Gasteiger partial charge in [0.05, 0.1) is 0 Å². The van der Waals surface area contributed by atoms with Crippen LogP contribution in [0.15, 0.2) is 53.7 Å². The van der Waals surface area contributed by atoms with Crippen LogP contribution >= 0.6 is 11.8 Å². The first kappa shape index (κ1) is 19.0. The molecule has 2 aromatic carbocycles. The number of hydrogen-bond acceptors (Lipinski definition) is 6. The minimum absolute atomic E-state index is 0.184. The summed E-state index contributed by atoms with van der Waals surface area (Å²) in [4.78, 5) is 48.7. The van der Waals surface area contributed by atoms with Gasteiger partial charge in [-0.25, -0.2) is 4.79 Å². The van der Waals surface area contributed by atoms with Crippen molar-refractivity contribution in [1.29, 1.82) is 0 Å². The molecule has 1 saturated heterocycles. The van der Waals surface area contributed by atoms with Gasteiger partial charge < -0.3 is 15.2 Å². The van der Waals surface area contributed by atoms with Gasteiger partial charge in [-0.05, 0) is 16.8 Å². The van der Waals surface area contributed by atoms with E-state index in [1.54, 1.807) is 12.1 Å². The molecule has 0 saturated carbocycles.